The van der Waals surface area contributed by atoms with Crippen LogP contribution in [-0.2, 0) is 11.3 Å². The van der Waals surface area contributed by atoms with E-state index >= 15 is 0 Å². The van der Waals surface area contributed by atoms with Gasteiger partial charge in [-0.25, -0.2) is 4.98 Å². The van der Waals surface area contributed by atoms with Gasteiger partial charge in [-0.2, -0.15) is 0 Å². The highest BCUT2D eigenvalue weighted by Crippen LogP contribution is 1.86. The van der Waals surface area contributed by atoms with E-state index in [1.54, 1.807) is 13.3 Å². The monoisotopic (exact) mass is 183 g/mol. The summed E-state index contributed by atoms with van der Waals surface area (Å²) >= 11 is 0. The van der Waals surface area contributed by atoms with Crippen LogP contribution in [0.3, 0.4) is 0 Å². The maximum atomic E-state index is 5.11. The molecule has 0 amide bonds. The predicted octanol–water partition coefficient (Wildman–Crippen LogP) is 0.508. The molecule has 0 aliphatic carbocycles. The van der Waals surface area contributed by atoms with E-state index in [4.69, 9.17) is 4.74 Å². The Kier molecular flexibility index (Phi) is 4.49. The molecule has 1 aromatic rings. The van der Waals surface area contributed by atoms with Crippen molar-refractivity contribution in [2.24, 2.45) is 0 Å². The van der Waals surface area contributed by atoms with Gasteiger partial charge in [0, 0.05) is 39.1 Å². The first-order valence-electron chi connectivity index (χ1n) is 4.52. The van der Waals surface area contributed by atoms with E-state index in [0.29, 0.717) is 0 Å². The SMILES string of the molecule is COC(C)CNCCn1ccnc1. The fourth-order valence-electron chi connectivity index (χ4n) is 1.02. The van der Waals surface area contributed by atoms with Crippen LogP contribution in [0.2, 0.25) is 0 Å². The standard InChI is InChI=1S/C9H17N3O/c1-9(13-2)7-10-3-5-12-6-4-11-8-12/h4,6,8-10H,3,5,7H2,1-2H3. The molecule has 13 heavy (non-hydrogen) atoms. The summed E-state index contributed by atoms with van der Waals surface area (Å²) in [5.41, 5.74) is 0. The predicted molar refractivity (Wildman–Crippen MR) is 51.6 cm³/mol. The molecule has 1 atom stereocenters. The third-order valence-electron chi connectivity index (χ3n) is 1.94. The van der Waals surface area contributed by atoms with Crippen molar-refractivity contribution in [3.63, 3.8) is 0 Å². The van der Waals surface area contributed by atoms with E-state index in [0.717, 1.165) is 19.6 Å². The number of methoxy groups -OCH3 is 1. The maximum Gasteiger partial charge on any atom is 0.0946 e. The molecular formula is C9H17N3O. The van der Waals surface area contributed by atoms with Crippen molar-refractivity contribution < 1.29 is 4.74 Å². The third-order valence-corrected chi connectivity index (χ3v) is 1.94. The first-order valence-corrected chi connectivity index (χ1v) is 4.52. The third kappa shape index (κ3) is 4.05. The molecule has 4 heteroatoms. The summed E-state index contributed by atoms with van der Waals surface area (Å²) in [6.07, 6.45) is 5.85. The lowest BCUT2D eigenvalue weighted by Crippen LogP contribution is -2.28. The number of nitrogens with zero attached hydrogens (tertiary/aromatic N) is 2. The first-order chi connectivity index (χ1) is 6.33. The minimum absolute atomic E-state index is 0.280. The number of rotatable bonds is 6. The molecule has 74 valence electrons. The molecule has 0 bridgehead atoms. The van der Waals surface area contributed by atoms with Crippen LogP contribution in [0.15, 0.2) is 18.7 Å². The summed E-state index contributed by atoms with van der Waals surface area (Å²) in [5.74, 6) is 0. The van der Waals surface area contributed by atoms with E-state index in [1.807, 2.05) is 24.0 Å². The lowest BCUT2D eigenvalue weighted by atomic mass is 10.4. The molecule has 0 saturated heterocycles. The quantitative estimate of drug-likeness (QED) is 0.653. The molecule has 1 N–H and O–H groups in total. The Morgan fingerprint density at radius 2 is 2.46 bits per heavy atom. The molecular weight excluding hydrogens is 166 g/mol. The van der Waals surface area contributed by atoms with Gasteiger partial charge in [-0.1, -0.05) is 0 Å². The van der Waals surface area contributed by atoms with Gasteiger partial charge in [0.15, 0.2) is 0 Å². The summed E-state index contributed by atoms with van der Waals surface area (Å²) < 4.78 is 7.15. The van der Waals surface area contributed by atoms with E-state index < -0.39 is 0 Å². The van der Waals surface area contributed by atoms with E-state index in [9.17, 15) is 0 Å². The normalized spacial score (nSPS) is 13.1. The molecule has 0 aliphatic rings. The van der Waals surface area contributed by atoms with Gasteiger partial charge >= 0.3 is 0 Å². The number of imidazole rings is 1. The van der Waals surface area contributed by atoms with Crippen molar-refractivity contribution in [3.05, 3.63) is 18.7 Å². The molecule has 1 rings (SSSR count). The molecule has 0 saturated carbocycles. The van der Waals surface area contributed by atoms with Crippen LogP contribution < -0.4 is 5.32 Å². The molecule has 1 aromatic heterocycles. The van der Waals surface area contributed by atoms with E-state index in [-0.39, 0.29) is 6.10 Å². The Labute approximate surface area is 78.9 Å². The Morgan fingerprint density at radius 3 is 3.08 bits per heavy atom. The lowest BCUT2D eigenvalue weighted by molar-refractivity contribution is 0.117. The van der Waals surface area contributed by atoms with Gasteiger partial charge in [-0.05, 0) is 6.92 Å². The number of hydrogen-bond donors (Lipinski definition) is 1. The van der Waals surface area contributed by atoms with Crippen molar-refractivity contribution in [2.45, 2.75) is 19.6 Å². The van der Waals surface area contributed by atoms with Gasteiger partial charge in [0.2, 0.25) is 0 Å². The van der Waals surface area contributed by atoms with Gasteiger partial charge in [0.1, 0.15) is 0 Å². The molecule has 0 spiro atoms. The number of aromatic nitrogens is 2. The van der Waals surface area contributed by atoms with E-state index in [1.165, 1.54) is 0 Å². The van der Waals surface area contributed by atoms with Gasteiger partial charge in [-0.3, -0.25) is 0 Å². The Balaban J connectivity index is 2.02. The van der Waals surface area contributed by atoms with Gasteiger partial charge in [0.05, 0.1) is 12.4 Å². The van der Waals surface area contributed by atoms with Crippen molar-refractivity contribution in [3.8, 4) is 0 Å². The van der Waals surface area contributed by atoms with Crippen LogP contribution in [-0.4, -0.2) is 35.9 Å². The van der Waals surface area contributed by atoms with Crippen LogP contribution in [0.5, 0.6) is 0 Å². The minimum atomic E-state index is 0.280. The van der Waals surface area contributed by atoms with Gasteiger partial charge in [0.25, 0.3) is 0 Å². The second-order valence-electron chi connectivity index (χ2n) is 3.05. The van der Waals surface area contributed by atoms with Crippen molar-refractivity contribution in [1.29, 1.82) is 0 Å². The topological polar surface area (TPSA) is 39.1 Å². The van der Waals surface area contributed by atoms with Gasteiger partial charge < -0.3 is 14.6 Å². The average molecular weight is 183 g/mol. The highest BCUT2D eigenvalue weighted by Gasteiger charge is 1.96. The summed E-state index contributed by atoms with van der Waals surface area (Å²) in [4.78, 5) is 3.96. The zero-order valence-electron chi connectivity index (χ0n) is 8.23. The Morgan fingerprint density at radius 1 is 1.62 bits per heavy atom. The number of hydrogen-bond acceptors (Lipinski definition) is 3. The summed E-state index contributed by atoms with van der Waals surface area (Å²) in [7, 11) is 1.72. The van der Waals surface area contributed by atoms with Crippen LogP contribution in [0.25, 0.3) is 0 Å². The highest BCUT2D eigenvalue weighted by molar-refractivity contribution is 4.74. The first kappa shape index (κ1) is 10.2. The largest absolute Gasteiger partial charge is 0.380 e. The second kappa shape index (κ2) is 5.72. The van der Waals surface area contributed by atoms with Crippen LogP contribution in [0.1, 0.15) is 6.92 Å². The number of nitrogens with one attached hydrogen (secondary N) is 1. The summed E-state index contributed by atoms with van der Waals surface area (Å²) in [6.45, 7) is 4.84. The average Bonchev–Trinajstić information content (AvgIpc) is 2.64. The smallest absolute Gasteiger partial charge is 0.0946 e. The molecule has 1 unspecified atom stereocenters. The molecule has 4 nitrogen and oxygen atoms in total. The van der Waals surface area contributed by atoms with Crippen molar-refractivity contribution >= 4 is 0 Å². The molecule has 0 radical (unpaired) electrons. The molecule has 0 aromatic carbocycles. The van der Waals surface area contributed by atoms with Gasteiger partial charge in [-0.15, -0.1) is 0 Å². The fourth-order valence-corrected chi connectivity index (χ4v) is 1.02. The maximum absolute atomic E-state index is 5.11. The molecule has 1 heterocycles. The molecule has 0 aliphatic heterocycles. The second-order valence-corrected chi connectivity index (χ2v) is 3.05. The minimum Gasteiger partial charge on any atom is -0.380 e. The highest BCUT2D eigenvalue weighted by atomic mass is 16.5. The van der Waals surface area contributed by atoms with Crippen LogP contribution >= 0.6 is 0 Å². The summed E-state index contributed by atoms with van der Waals surface area (Å²) in [6, 6.07) is 0. The van der Waals surface area contributed by atoms with Crippen LogP contribution in [0, 0.1) is 0 Å². The Hall–Kier alpha value is -0.870. The zero-order chi connectivity index (χ0) is 9.52. The van der Waals surface area contributed by atoms with Crippen molar-refractivity contribution in [2.75, 3.05) is 20.2 Å². The number of ether oxygens (including phenoxy) is 1. The molecule has 0 fully saturated rings. The fraction of sp³-hybridized carbons (Fsp3) is 0.667. The summed E-state index contributed by atoms with van der Waals surface area (Å²) in [5, 5.41) is 3.30. The lowest BCUT2D eigenvalue weighted by Gasteiger charge is -2.10. The van der Waals surface area contributed by atoms with Crippen molar-refractivity contribution in [1.82, 2.24) is 14.9 Å². The zero-order valence-corrected chi connectivity index (χ0v) is 8.23. The van der Waals surface area contributed by atoms with Crippen LogP contribution in [0.4, 0.5) is 0 Å². The van der Waals surface area contributed by atoms with E-state index in [2.05, 4.69) is 10.3 Å². The Bertz CT molecular complexity index is 211.